The van der Waals surface area contributed by atoms with Crippen LogP contribution in [0.15, 0.2) is 29.0 Å². The number of aryl methyl sites for hydroxylation is 1. The minimum absolute atomic E-state index is 0.161. The molecule has 162 valence electrons. The molecule has 0 bridgehead atoms. The topological polar surface area (TPSA) is 139 Å². The lowest BCUT2D eigenvalue weighted by Crippen LogP contribution is -2.35. The van der Waals surface area contributed by atoms with Gasteiger partial charge in [-0.15, -0.1) is 5.10 Å². The predicted molar refractivity (Wildman–Crippen MR) is 108 cm³/mol. The summed E-state index contributed by atoms with van der Waals surface area (Å²) in [5.74, 6) is -0.172. The molecule has 0 radical (unpaired) electrons. The third kappa shape index (κ3) is 4.04. The van der Waals surface area contributed by atoms with Crippen molar-refractivity contribution in [1.29, 1.82) is 0 Å². The number of carbonyl (C=O) groups is 2. The number of hydrogen-bond acceptors (Lipinski definition) is 10. The van der Waals surface area contributed by atoms with Gasteiger partial charge in [-0.05, 0) is 26.0 Å². The van der Waals surface area contributed by atoms with Crippen LogP contribution in [-0.2, 0) is 26.1 Å². The van der Waals surface area contributed by atoms with E-state index >= 15 is 0 Å². The number of rotatable bonds is 8. The first-order valence-electron chi connectivity index (χ1n) is 9.73. The normalized spacial score (nSPS) is 12.2. The maximum Gasteiger partial charge on any atom is 0.329 e. The molecule has 31 heavy (non-hydrogen) atoms. The van der Waals surface area contributed by atoms with Crippen LogP contribution in [0.4, 0.5) is 5.95 Å². The Morgan fingerprint density at radius 1 is 1.19 bits per heavy atom. The second kappa shape index (κ2) is 8.42. The van der Waals surface area contributed by atoms with E-state index in [2.05, 4.69) is 25.5 Å². The maximum atomic E-state index is 12.5. The fourth-order valence-corrected chi connectivity index (χ4v) is 3.08. The number of fused-ring (bicyclic) bond motifs is 3. The number of ether oxygens (including phenoxy) is 2. The standard InChI is InChI=1S/C19H21N7O5/c1-4-29-14(27)9-12(18(28)30-5-2)20-19-22-15-11(10-25(3)23-15)17-21-16(24-26(17)19)13-7-6-8-31-13/h6-8,10,12H,4-5,9H2,1-3H3,(H,20,22,23)/t12-/m0/s1. The van der Waals surface area contributed by atoms with Crippen molar-refractivity contribution in [1.82, 2.24) is 29.4 Å². The lowest BCUT2D eigenvalue weighted by Gasteiger charge is -2.17. The Hall–Kier alpha value is -3.96. The summed E-state index contributed by atoms with van der Waals surface area (Å²) < 4.78 is 18.5. The van der Waals surface area contributed by atoms with Crippen LogP contribution in [-0.4, -0.2) is 60.6 Å². The number of esters is 2. The van der Waals surface area contributed by atoms with Crippen LogP contribution in [0, 0.1) is 0 Å². The van der Waals surface area contributed by atoms with E-state index < -0.39 is 18.0 Å². The van der Waals surface area contributed by atoms with Crippen molar-refractivity contribution in [3.05, 3.63) is 24.6 Å². The second-order valence-corrected chi connectivity index (χ2v) is 6.58. The smallest absolute Gasteiger partial charge is 0.329 e. The molecule has 12 nitrogen and oxygen atoms in total. The Bertz CT molecular complexity index is 1230. The van der Waals surface area contributed by atoms with Crippen LogP contribution in [0.1, 0.15) is 20.3 Å². The summed E-state index contributed by atoms with van der Waals surface area (Å²) in [4.78, 5) is 33.6. The Kier molecular flexibility index (Phi) is 5.52. The quantitative estimate of drug-likeness (QED) is 0.412. The number of aromatic nitrogens is 6. The maximum absolute atomic E-state index is 12.5. The van der Waals surface area contributed by atoms with Gasteiger partial charge in [0.05, 0.1) is 31.3 Å². The van der Waals surface area contributed by atoms with E-state index in [4.69, 9.17) is 13.9 Å². The zero-order valence-electron chi connectivity index (χ0n) is 17.2. The molecular weight excluding hydrogens is 406 g/mol. The van der Waals surface area contributed by atoms with E-state index in [0.29, 0.717) is 28.3 Å². The molecule has 12 heteroatoms. The van der Waals surface area contributed by atoms with Crippen LogP contribution < -0.4 is 5.32 Å². The molecule has 0 aliphatic carbocycles. The molecule has 4 heterocycles. The van der Waals surface area contributed by atoms with Crippen molar-refractivity contribution in [3.63, 3.8) is 0 Å². The van der Waals surface area contributed by atoms with Crippen LogP contribution in [0.2, 0.25) is 0 Å². The molecule has 4 aromatic heterocycles. The lowest BCUT2D eigenvalue weighted by atomic mass is 10.2. The first kappa shape index (κ1) is 20.3. The van der Waals surface area contributed by atoms with Gasteiger partial charge in [-0.25, -0.2) is 9.78 Å². The number of furan rings is 1. The highest BCUT2D eigenvalue weighted by Gasteiger charge is 2.27. The predicted octanol–water partition coefficient (Wildman–Crippen LogP) is 1.57. The lowest BCUT2D eigenvalue weighted by molar-refractivity contribution is -0.150. The summed E-state index contributed by atoms with van der Waals surface area (Å²) in [6.45, 7) is 3.74. The summed E-state index contributed by atoms with van der Waals surface area (Å²) in [5.41, 5.74) is 0.861. The molecule has 0 spiro atoms. The molecule has 1 atom stereocenters. The van der Waals surface area contributed by atoms with Crippen molar-refractivity contribution in [2.45, 2.75) is 26.3 Å². The number of anilines is 1. The van der Waals surface area contributed by atoms with Gasteiger partial charge < -0.3 is 19.2 Å². The largest absolute Gasteiger partial charge is 0.466 e. The third-order valence-corrected chi connectivity index (χ3v) is 4.36. The second-order valence-electron chi connectivity index (χ2n) is 6.58. The van der Waals surface area contributed by atoms with E-state index in [1.807, 2.05) is 0 Å². The third-order valence-electron chi connectivity index (χ3n) is 4.36. The molecule has 4 aromatic rings. The molecule has 0 amide bonds. The average Bonchev–Trinajstić information content (AvgIpc) is 3.46. The van der Waals surface area contributed by atoms with Crippen LogP contribution in [0.25, 0.3) is 28.3 Å². The van der Waals surface area contributed by atoms with E-state index in [1.54, 1.807) is 43.9 Å². The fraction of sp³-hybridized carbons (Fsp3) is 0.368. The van der Waals surface area contributed by atoms with Gasteiger partial charge in [0.1, 0.15) is 6.04 Å². The minimum atomic E-state index is -1.04. The first-order chi connectivity index (χ1) is 15.0. The zero-order valence-corrected chi connectivity index (χ0v) is 17.2. The summed E-state index contributed by atoms with van der Waals surface area (Å²) in [5, 5.41) is 12.4. The van der Waals surface area contributed by atoms with Gasteiger partial charge in [0.2, 0.25) is 11.8 Å². The molecule has 0 aromatic carbocycles. The van der Waals surface area contributed by atoms with Gasteiger partial charge in [-0.2, -0.15) is 14.6 Å². The molecule has 0 aliphatic rings. The minimum Gasteiger partial charge on any atom is -0.466 e. The SMILES string of the molecule is CCOC(=O)C[C@H](Nc1nc2nn(C)cc2c2nc(-c3ccco3)nn12)C(=O)OCC. The number of nitrogens with one attached hydrogen (secondary N) is 1. The van der Waals surface area contributed by atoms with Crippen LogP contribution >= 0.6 is 0 Å². The summed E-state index contributed by atoms with van der Waals surface area (Å²) in [6.07, 6.45) is 3.05. The van der Waals surface area contributed by atoms with Gasteiger partial charge >= 0.3 is 11.9 Å². The summed E-state index contributed by atoms with van der Waals surface area (Å²) in [7, 11) is 1.76. The molecule has 0 saturated carbocycles. The van der Waals surface area contributed by atoms with Crippen molar-refractivity contribution in [2.75, 3.05) is 18.5 Å². The molecule has 0 saturated heterocycles. The molecule has 0 fully saturated rings. The highest BCUT2D eigenvalue weighted by Crippen LogP contribution is 2.24. The van der Waals surface area contributed by atoms with E-state index in [-0.39, 0.29) is 25.6 Å². The van der Waals surface area contributed by atoms with Crippen LogP contribution in [0.3, 0.4) is 0 Å². The van der Waals surface area contributed by atoms with Crippen molar-refractivity contribution in [3.8, 4) is 11.6 Å². The summed E-state index contributed by atoms with van der Waals surface area (Å²) >= 11 is 0. The first-order valence-corrected chi connectivity index (χ1v) is 9.73. The monoisotopic (exact) mass is 427 g/mol. The Balaban J connectivity index is 1.79. The van der Waals surface area contributed by atoms with Gasteiger partial charge in [0, 0.05) is 13.2 Å². The van der Waals surface area contributed by atoms with Crippen molar-refractivity contribution >= 4 is 34.6 Å². The highest BCUT2D eigenvalue weighted by molar-refractivity contribution is 5.91. The number of carbonyl (C=O) groups excluding carboxylic acids is 2. The Labute approximate surface area is 176 Å². The number of hydrogen-bond donors (Lipinski definition) is 1. The molecule has 4 rings (SSSR count). The van der Waals surface area contributed by atoms with Crippen molar-refractivity contribution < 1.29 is 23.5 Å². The molecule has 1 N–H and O–H groups in total. The van der Waals surface area contributed by atoms with Crippen LogP contribution in [0.5, 0.6) is 0 Å². The van der Waals surface area contributed by atoms with Gasteiger partial charge in [0.15, 0.2) is 17.1 Å². The van der Waals surface area contributed by atoms with E-state index in [0.717, 1.165) is 0 Å². The number of nitrogens with zero attached hydrogens (tertiary/aromatic N) is 6. The average molecular weight is 427 g/mol. The van der Waals surface area contributed by atoms with Gasteiger partial charge in [0.25, 0.3) is 0 Å². The molecule has 0 aliphatic heterocycles. The van der Waals surface area contributed by atoms with E-state index in [9.17, 15) is 9.59 Å². The molecular formula is C19H21N7O5. The van der Waals surface area contributed by atoms with Gasteiger partial charge in [-0.1, -0.05) is 0 Å². The zero-order chi connectivity index (χ0) is 22.0. The van der Waals surface area contributed by atoms with Gasteiger partial charge in [-0.3, -0.25) is 9.48 Å². The Morgan fingerprint density at radius 3 is 2.71 bits per heavy atom. The van der Waals surface area contributed by atoms with E-state index in [1.165, 1.54) is 10.8 Å². The molecule has 0 unspecified atom stereocenters. The highest BCUT2D eigenvalue weighted by atomic mass is 16.5. The Morgan fingerprint density at radius 2 is 2.00 bits per heavy atom. The van der Waals surface area contributed by atoms with Crippen molar-refractivity contribution in [2.24, 2.45) is 7.05 Å². The summed E-state index contributed by atoms with van der Waals surface area (Å²) in [6, 6.07) is 2.43. The fourth-order valence-electron chi connectivity index (χ4n) is 3.08.